The van der Waals surface area contributed by atoms with E-state index in [0.717, 1.165) is 0 Å². The highest BCUT2D eigenvalue weighted by Crippen LogP contribution is 2.09. The first-order chi connectivity index (χ1) is 6.38. The Morgan fingerprint density at radius 3 is 3.23 bits per heavy atom. The van der Waals surface area contributed by atoms with E-state index < -0.39 is 0 Å². The molecule has 0 aliphatic rings. The Kier molecular flexibility index (Phi) is 4.03. The fraction of sp³-hybridized carbons (Fsp3) is 0.250. The van der Waals surface area contributed by atoms with Gasteiger partial charge in [-0.05, 0) is 5.92 Å². The van der Waals surface area contributed by atoms with E-state index in [1.54, 1.807) is 13.3 Å². The second-order valence-corrected chi connectivity index (χ2v) is 2.30. The molecule has 0 unspecified atom stereocenters. The molecule has 0 aromatic carbocycles. The van der Waals surface area contributed by atoms with Gasteiger partial charge >= 0.3 is 0 Å². The van der Waals surface area contributed by atoms with Gasteiger partial charge in [0.15, 0.2) is 0 Å². The van der Waals surface area contributed by atoms with E-state index in [1.165, 1.54) is 6.33 Å². The van der Waals surface area contributed by atoms with Gasteiger partial charge in [-0.2, -0.15) is 0 Å². The second-order valence-electron chi connectivity index (χ2n) is 2.11. The molecular weight excluding hydrogens is 190 g/mol. The van der Waals surface area contributed by atoms with Crippen molar-refractivity contribution >= 4 is 17.5 Å². The summed E-state index contributed by atoms with van der Waals surface area (Å²) in [6.45, 7) is 0.367. The third-order valence-corrected chi connectivity index (χ3v) is 1.44. The zero-order valence-corrected chi connectivity index (χ0v) is 7.80. The summed E-state index contributed by atoms with van der Waals surface area (Å²) in [6.07, 6.45) is 2.96. The van der Waals surface area contributed by atoms with Gasteiger partial charge in [-0.1, -0.05) is 5.92 Å². The summed E-state index contributed by atoms with van der Waals surface area (Å²) >= 11 is 5.42. The molecule has 5 heteroatoms. The predicted molar refractivity (Wildman–Crippen MR) is 50.3 cm³/mol. The van der Waals surface area contributed by atoms with Crippen LogP contribution in [0.3, 0.4) is 0 Å². The lowest BCUT2D eigenvalue weighted by atomic mass is 10.3. The molecule has 0 bridgehead atoms. The van der Waals surface area contributed by atoms with Crippen LogP contribution >= 0.6 is 11.8 Å². The van der Waals surface area contributed by atoms with Crippen LogP contribution in [0.4, 0.5) is 5.69 Å². The minimum atomic E-state index is 0.367. The van der Waals surface area contributed by atoms with Gasteiger partial charge < -0.3 is 4.74 Å². The summed E-state index contributed by atoms with van der Waals surface area (Å²) in [7, 11) is 1.58. The lowest BCUT2D eigenvalue weighted by Crippen LogP contribution is -1.92. The fourth-order valence-electron chi connectivity index (χ4n) is 0.690. The van der Waals surface area contributed by atoms with Crippen LogP contribution in [0.25, 0.3) is 0 Å². The molecule has 0 fully saturated rings. The minimum absolute atomic E-state index is 0.367. The van der Waals surface area contributed by atoms with Crippen LogP contribution in [0, 0.1) is 11.8 Å². The molecule has 0 saturated carbocycles. The van der Waals surface area contributed by atoms with E-state index in [0.29, 0.717) is 18.0 Å². The van der Waals surface area contributed by atoms with Crippen LogP contribution in [0.5, 0.6) is 0 Å². The number of ether oxygens (including phenoxy) is 1. The average molecular weight is 198 g/mol. The largest absolute Gasteiger partial charge is 0.372 e. The maximum absolute atomic E-state index is 5.42. The number of rotatable bonds is 2. The van der Waals surface area contributed by atoms with E-state index in [2.05, 4.69) is 26.6 Å². The maximum atomic E-state index is 5.42. The summed E-state index contributed by atoms with van der Waals surface area (Å²) in [5.74, 6) is 5.56. The SMILES string of the molecule is COCC#Cc1ncncc1NCl. The zero-order chi connectivity index (χ0) is 9.52. The third-order valence-electron chi connectivity index (χ3n) is 1.24. The zero-order valence-electron chi connectivity index (χ0n) is 7.04. The van der Waals surface area contributed by atoms with Crippen LogP contribution in [-0.4, -0.2) is 23.7 Å². The van der Waals surface area contributed by atoms with E-state index in [-0.39, 0.29) is 0 Å². The van der Waals surface area contributed by atoms with Crippen molar-refractivity contribution in [1.82, 2.24) is 9.97 Å². The third kappa shape index (κ3) is 2.90. The number of methoxy groups -OCH3 is 1. The smallest absolute Gasteiger partial charge is 0.141 e. The Morgan fingerprint density at radius 1 is 1.69 bits per heavy atom. The molecule has 1 aromatic rings. The van der Waals surface area contributed by atoms with Gasteiger partial charge in [-0.3, -0.25) is 4.84 Å². The molecule has 4 nitrogen and oxygen atoms in total. The number of anilines is 1. The summed E-state index contributed by atoms with van der Waals surface area (Å²) in [5.41, 5.74) is 1.15. The van der Waals surface area contributed by atoms with Crippen molar-refractivity contribution in [2.24, 2.45) is 0 Å². The predicted octanol–water partition coefficient (Wildman–Crippen LogP) is 1.04. The van der Waals surface area contributed by atoms with E-state index in [9.17, 15) is 0 Å². The van der Waals surface area contributed by atoms with Crippen molar-refractivity contribution in [3.8, 4) is 11.8 Å². The van der Waals surface area contributed by atoms with Crippen LogP contribution in [0.1, 0.15) is 5.69 Å². The van der Waals surface area contributed by atoms with Crippen molar-refractivity contribution in [1.29, 1.82) is 0 Å². The molecule has 1 N–H and O–H groups in total. The monoisotopic (exact) mass is 197 g/mol. The van der Waals surface area contributed by atoms with Crippen LogP contribution in [0.2, 0.25) is 0 Å². The van der Waals surface area contributed by atoms with E-state index in [1.807, 2.05) is 0 Å². The fourth-order valence-corrected chi connectivity index (χ4v) is 0.829. The molecule has 0 radical (unpaired) electrons. The van der Waals surface area contributed by atoms with Gasteiger partial charge in [0.25, 0.3) is 0 Å². The Morgan fingerprint density at radius 2 is 2.54 bits per heavy atom. The van der Waals surface area contributed by atoms with Gasteiger partial charge in [0.05, 0.1) is 6.20 Å². The van der Waals surface area contributed by atoms with Crippen molar-refractivity contribution in [3.63, 3.8) is 0 Å². The number of aromatic nitrogens is 2. The van der Waals surface area contributed by atoms with Crippen molar-refractivity contribution in [3.05, 3.63) is 18.2 Å². The van der Waals surface area contributed by atoms with E-state index >= 15 is 0 Å². The quantitative estimate of drug-likeness (QED) is 0.569. The van der Waals surface area contributed by atoms with Crippen molar-refractivity contribution < 1.29 is 4.74 Å². The summed E-state index contributed by atoms with van der Waals surface area (Å²) in [5, 5.41) is 0. The van der Waals surface area contributed by atoms with Crippen LogP contribution < -0.4 is 4.84 Å². The summed E-state index contributed by atoms with van der Waals surface area (Å²) in [6, 6.07) is 0. The highest BCUT2D eigenvalue weighted by atomic mass is 35.5. The number of nitrogens with one attached hydrogen (secondary N) is 1. The first-order valence-corrected chi connectivity index (χ1v) is 3.90. The van der Waals surface area contributed by atoms with Gasteiger partial charge in [-0.25, -0.2) is 9.97 Å². The van der Waals surface area contributed by atoms with Gasteiger partial charge in [0.2, 0.25) is 0 Å². The van der Waals surface area contributed by atoms with E-state index in [4.69, 9.17) is 16.5 Å². The van der Waals surface area contributed by atoms with Crippen LogP contribution in [0.15, 0.2) is 12.5 Å². The summed E-state index contributed by atoms with van der Waals surface area (Å²) < 4.78 is 4.77. The van der Waals surface area contributed by atoms with Crippen molar-refractivity contribution in [2.75, 3.05) is 18.6 Å². The van der Waals surface area contributed by atoms with Crippen LogP contribution in [-0.2, 0) is 4.74 Å². The lowest BCUT2D eigenvalue weighted by Gasteiger charge is -1.97. The van der Waals surface area contributed by atoms with Crippen molar-refractivity contribution in [2.45, 2.75) is 0 Å². The Bertz CT molecular complexity index is 332. The molecule has 0 atom stereocenters. The highest BCUT2D eigenvalue weighted by Gasteiger charge is 1.97. The molecule has 68 valence electrons. The molecule has 1 rings (SSSR count). The first-order valence-electron chi connectivity index (χ1n) is 3.53. The molecule has 0 saturated heterocycles. The normalized spacial score (nSPS) is 8.77. The number of hydrogen-bond donors (Lipinski definition) is 1. The maximum Gasteiger partial charge on any atom is 0.141 e. The molecule has 0 spiro atoms. The molecule has 1 aromatic heterocycles. The second kappa shape index (κ2) is 5.36. The van der Waals surface area contributed by atoms with Gasteiger partial charge in [0, 0.05) is 18.9 Å². The Hall–Kier alpha value is -1.31. The lowest BCUT2D eigenvalue weighted by molar-refractivity contribution is 0.240. The summed E-state index contributed by atoms with van der Waals surface area (Å²) in [4.78, 5) is 10.1. The average Bonchev–Trinajstić information content (AvgIpc) is 2.19. The molecule has 1 heterocycles. The number of hydrogen-bond acceptors (Lipinski definition) is 4. The van der Waals surface area contributed by atoms with Gasteiger partial charge in [-0.15, -0.1) is 0 Å². The molecule has 0 aliphatic heterocycles. The topological polar surface area (TPSA) is 47.0 Å². The minimum Gasteiger partial charge on any atom is -0.372 e. The Labute approximate surface area is 81.4 Å². The standard InChI is InChI=1S/C8H8ClN3O/c1-13-4-2-3-7-8(12-9)5-10-6-11-7/h5-6,12H,4H2,1H3. The number of halogens is 1. The highest BCUT2D eigenvalue weighted by molar-refractivity contribution is 6.24. The first kappa shape index (κ1) is 9.78. The Balaban J connectivity index is 2.82. The van der Waals surface area contributed by atoms with Gasteiger partial charge in [0.1, 0.15) is 24.3 Å². The molecular formula is C8H8ClN3O. The number of nitrogens with zero attached hydrogens (tertiary/aromatic N) is 2. The molecule has 0 aliphatic carbocycles. The molecule has 0 amide bonds. The molecule has 13 heavy (non-hydrogen) atoms.